The van der Waals surface area contributed by atoms with Crippen LogP contribution in [0.15, 0.2) is 0 Å². The Balaban J connectivity index is 4.03. The van der Waals surface area contributed by atoms with E-state index in [9.17, 15) is 9.59 Å². The van der Waals surface area contributed by atoms with Crippen LogP contribution in [0.5, 0.6) is 0 Å². The van der Waals surface area contributed by atoms with Gasteiger partial charge in [-0.3, -0.25) is 4.79 Å². The quantitative estimate of drug-likeness (QED) is 0.469. The van der Waals surface area contributed by atoms with Crippen molar-refractivity contribution in [2.75, 3.05) is 13.6 Å². The molecule has 0 radical (unpaired) electrons. The molecule has 1 amide bonds. The zero-order valence-corrected chi connectivity index (χ0v) is 7.33. The van der Waals surface area contributed by atoms with E-state index in [-0.39, 0.29) is 18.9 Å². The third-order valence-corrected chi connectivity index (χ3v) is 1.29. The minimum absolute atomic E-state index is 0.00914. The summed E-state index contributed by atoms with van der Waals surface area (Å²) in [7, 11) is 1.59. The number of amides is 1. The number of carboxylic acid groups (broad SMARTS) is 1. The molecule has 72 valence electrons. The molecular formula is C8H12N2O3. The summed E-state index contributed by atoms with van der Waals surface area (Å²) in [5.74, 6) is 0.674. The highest BCUT2D eigenvalue weighted by Gasteiger charge is 2.17. The van der Waals surface area contributed by atoms with Crippen LogP contribution in [0, 0.1) is 12.3 Å². The second-order valence-corrected chi connectivity index (χ2v) is 2.40. The first-order valence-corrected chi connectivity index (χ1v) is 3.72. The maximum atomic E-state index is 10.9. The second kappa shape index (κ2) is 6.03. The number of carbonyl (C=O) groups excluding carboxylic acids is 1. The molecule has 1 unspecified atom stereocenters. The Hall–Kier alpha value is -1.54. The fraction of sp³-hybridized carbons (Fsp3) is 0.500. The predicted molar refractivity (Wildman–Crippen MR) is 46.9 cm³/mol. The Kier molecular flexibility index (Phi) is 5.32. The maximum absolute atomic E-state index is 10.9. The fourth-order valence-corrected chi connectivity index (χ4v) is 0.724. The molecule has 5 nitrogen and oxygen atoms in total. The SMILES string of the molecule is C#CCC(NC(=O)CNC)C(=O)O. The van der Waals surface area contributed by atoms with Crippen molar-refractivity contribution in [2.24, 2.45) is 0 Å². The van der Waals surface area contributed by atoms with E-state index in [4.69, 9.17) is 11.5 Å². The number of carboxylic acids is 1. The van der Waals surface area contributed by atoms with Crippen LogP contribution in [0.25, 0.3) is 0 Å². The van der Waals surface area contributed by atoms with E-state index >= 15 is 0 Å². The van der Waals surface area contributed by atoms with Gasteiger partial charge in [0, 0.05) is 6.42 Å². The lowest BCUT2D eigenvalue weighted by atomic mass is 10.2. The Morgan fingerprint density at radius 1 is 1.62 bits per heavy atom. The molecule has 0 saturated carbocycles. The summed E-state index contributed by atoms with van der Waals surface area (Å²) in [6, 6.07) is -0.995. The zero-order chi connectivity index (χ0) is 10.3. The first kappa shape index (κ1) is 11.5. The van der Waals surface area contributed by atoms with Crippen LogP contribution in [0.2, 0.25) is 0 Å². The van der Waals surface area contributed by atoms with Gasteiger partial charge in [0.2, 0.25) is 5.91 Å². The predicted octanol–water partition coefficient (Wildman–Crippen LogP) is -1.20. The summed E-state index contributed by atoms with van der Waals surface area (Å²) in [5.41, 5.74) is 0. The van der Waals surface area contributed by atoms with Crippen LogP contribution < -0.4 is 10.6 Å². The van der Waals surface area contributed by atoms with Crippen molar-refractivity contribution >= 4 is 11.9 Å². The minimum Gasteiger partial charge on any atom is -0.480 e. The Bertz CT molecular complexity index is 232. The average Bonchev–Trinajstić information content (AvgIpc) is 2.04. The molecule has 0 spiro atoms. The highest BCUT2D eigenvalue weighted by Crippen LogP contribution is 1.89. The van der Waals surface area contributed by atoms with Crippen LogP contribution in [0.1, 0.15) is 6.42 Å². The molecule has 0 aliphatic rings. The summed E-state index contributed by atoms with van der Waals surface area (Å²) in [6.07, 6.45) is 4.93. The molecular weight excluding hydrogens is 172 g/mol. The molecule has 0 fully saturated rings. The summed E-state index contributed by atoms with van der Waals surface area (Å²) in [4.78, 5) is 21.4. The molecule has 0 bridgehead atoms. The molecule has 5 heteroatoms. The average molecular weight is 184 g/mol. The third-order valence-electron chi connectivity index (χ3n) is 1.29. The van der Waals surface area contributed by atoms with Gasteiger partial charge < -0.3 is 15.7 Å². The number of carbonyl (C=O) groups is 2. The lowest BCUT2D eigenvalue weighted by molar-refractivity contribution is -0.141. The van der Waals surface area contributed by atoms with Crippen LogP contribution >= 0.6 is 0 Å². The van der Waals surface area contributed by atoms with Gasteiger partial charge in [-0.25, -0.2) is 4.79 Å². The van der Waals surface area contributed by atoms with Crippen molar-refractivity contribution in [3.05, 3.63) is 0 Å². The number of hydrogen-bond donors (Lipinski definition) is 3. The van der Waals surface area contributed by atoms with E-state index in [1.165, 1.54) is 0 Å². The molecule has 0 saturated heterocycles. The van der Waals surface area contributed by atoms with Crippen molar-refractivity contribution in [1.82, 2.24) is 10.6 Å². The van der Waals surface area contributed by atoms with Gasteiger partial charge in [0.25, 0.3) is 0 Å². The van der Waals surface area contributed by atoms with Gasteiger partial charge >= 0.3 is 5.97 Å². The van der Waals surface area contributed by atoms with Crippen LogP contribution in [0.3, 0.4) is 0 Å². The Morgan fingerprint density at radius 2 is 2.23 bits per heavy atom. The van der Waals surface area contributed by atoms with Gasteiger partial charge in [-0.15, -0.1) is 12.3 Å². The lowest BCUT2D eigenvalue weighted by Crippen LogP contribution is -2.43. The first-order valence-electron chi connectivity index (χ1n) is 3.72. The number of terminal acetylenes is 1. The standard InChI is InChI=1S/C8H12N2O3/c1-3-4-6(8(12)13)10-7(11)5-9-2/h1,6,9H,4-5H2,2H3,(H,10,11)(H,12,13). The van der Waals surface area contributed by atoms with E-state index < -0.39 is 12.0 Å². The van der Waals surface area contributed by atoms with E-state index in [0.29, 0.717) is 0 Å². The molecule has 0 heterocycles. The zero-order valence-electron chi connectivity index (χ0n) is 7.33. The van der Waals surface area contributed by atoms with Crippen molar-refractivity contribution in [3.63, 3.8) is 0 Å². The number of aliphatic carboxylic acids is 1. The van der Waals surface area contributed by atoms with E-state index in [2.05, 4.69) is 16.6 Å². The monoisotopic (exact) mass is 184 g/mol. The van der Waals surface area contributed by atoms with Crippen molar-refractivity contribution < 1.29 is 14.7 Å². The molecule has 0 aromatic rings. The summed E-state index contributed by atoms with van der Waals surface area (Å²) < 4.78 is 0. The molecule has 0 aliphatic heterocycles. The van der Waals surface area contributed by atoms with Gasteiger partial charge in [-0.1, -0.05) is 0 Å². The van der Waals surface area contributed by atoms with Gasteiger partial charge in [0.1, 0.15) is 6.04 Å². The molecule has 0 aromatic heterocycles. The van der Waals surface area contributed by atoms with Gasteiger partial charge in [-0.05, 0) is 7.05 Å². The van der Waals surface area contributed by atoms with E-state index in [1.807, 2.05) is 0 Å². The summed E-state index contributed by atoms with van der Waals surface area (Å²) in [6.45, 7) is 0.0777. The lowest BCUT2D eigenvalue weighted by Gasteiger charge is -2.10. The largest absolute Gasteiger partial charge is 0.480 e. The number of rotatable bonds is 5. The number of nitrogens with one attached hydrogen (secondary N) is 2. The summed E-state index contributed by atoms with van der Waals surface area (Å²) >= 11 is 0. The smallest absolute Gasteiger partial charge is 0.327 e. The second-order valence-electron chi connectivity index (χ2n) is 2.40. The van der Waals surface area contributed by atoms with Crippen LogP contribution in [-0.2, 0) is 9.59 Å². The topological polar surface area (TPSA) is 78.4 Å². The fourth-order valence-electron chi connectivity index (χ4n) is 0.724. The van der Waals surface area contributed by atoms with Crippen LogP contribution in [0.4, 0.5) is 0 Å². The number of hydrogen-bond acceptors (Lipinski definition) is 3. The van der Waals surface area contributed by atoms with Crippen molar-refractivity contribution in [2.45, 2.75) is 12.5 Å². The van der Waals surface area contributed by atoms with Crippen molar-refractivity contribution in [3.8, 4) is 12.3 Å². The molecule has 0 aliphatic carbocycles. The normalized spacial score (nSPS) is 11.4. The van der Waals surface area contributed by atoms with Gasteiger partial charge in [-0.2, -0.15) is 0 Å². The van der Waals surface area contributed by atoms with E-state index in [0.717, 1.165) is 0 Å². The summed E-state index contributed by atoms with van der Waals surface area (Å²) in [5, 5.41) is 13.5. The highest BCUT2D eigenvalue weighted by atomic mass is 16.4. The van der Waals surface area contributed by atoms with E-state index in [1.54, 1.807) is 7.05 Å². The molecule has 3 N–H and O–H groups in total. The molecule has 0 rings (SSSR count). The highest BCUT2D eigenvalue weighted by molar-refractivity contribution is 5.84. The third kappa shape index (κ3) is 4.82. The molecule has 1 atom stereocenters. The minimum atomic E-state index is -1.12. The maximum Gasteiger partial charge on any atom is 0.327 e. The van der Waals surface area contributed by atoms with Crippen LogP contribution in [-0.4, -0.2) is 36.6 Å². The van der Waals surface area contributed by atoms with Crippen molar-refractivity contribution in [1.29, 1.82) is 0 Å². The Morgan fingerprint density at radius 3 is 2.62 bits per heavy atom. The van der Waals surface area contributed by atoms with Gasteiger partial charge in [0.05, 0.1) is 6.54 Å². The first-order chi connectivity index (χ1) is 6.11. The van der Waals surface area contributed by atoms with Gasteiger partial charge in [0.15, 0.2) is 0 Å². The number of likely N-dealkylation sites (N-methyl/N-ethyl adjacent to an activating group) is 1. The molecule has 0 aromatic carbocycles. The Labute approximate surface area is 76.5 Å². The molecule has 13 heavy (non-hydrogen) atoms.